The Morgan fingerprint density at radius 2 is 1.94 bits per heavy atom. The van der Waals surface area contributed by atoms with Crippen molar-refractivity contribution in [3.63, 3.8) is 0 Å². The first kappa shape index (κ1) is 20.6. The maximum Gasteiger partial charge on any atom is 0.335 e. The van der Waals surface area contributed by atoms with Crippen molar-refractivity contribution in [3.05, 3.63) is 87.8 Å². The van der Waals surface area contributed by atoms with Crippen LogP contribution in [0.15, 0.2) is 63.9 Å². The highest BCUT2D eigenvalue weighted by atomic mass is 32.2. The van der Waals surface area contributed by atoms with Crippen LogP contribution in [0.2, 0.25) is 0 Å². The van der Waals surface area contributed by atoms with Gasteiger partial charge in [0.2, 0.25) is 0 Å². The van der Waals surface area contributed by atoms with Gasteiger partial charge in [-0.1, -0.05) is 24.3 Å². The minimum atomic E-state index is -1.04. The van der Waals surface area contributed by atoms with E-state index in [1.54, 1.807) is 24.3 Å². The Labute approximate surface area is 181 Å². The average Bonchev–Trinajstić information content (AvgIpc) is 3.30. The van der Waals surface area contributed by atoms with E-state index in [9.17, 15) is 23.9 Å². The zero-order valence-corrected chi connectivity index (χ0v) is 17.1. The molecule has 1 fully saturated rings. The van der Waals surface area contributed by atoms with Crippen molar-refractivity contribution in [1.82, 2.24) is 4.90 Å². The largest absolute Gasteiger partial charge is 0.478 e. The lowest BCUT2D eigenvalue weighted by Gasteiger charge is -2.12. The minimum Gasteiger partial charge on any atom is -0.478 e. The van der Waals surface area contributed by atoms with E-state index in [0.717, 1.165) is 22.2 Å². The molecule has 1 saturated heterocycles. The number of carbonyl (C=O) groups excluding carboxylic acids is 2. The Hall–Kier alpha value is -3.65. The molecule has 6 nitrogen and oxygen atoms in total. The Morgan fingerprint density at radius 1 is 1.16 bits per heavy atom. The third kappa shape index (κ3) is 4.15. The summed E-state index contributed by atoms with van der Waals surface area (Å²) in [6.07, 6.45) is 1.45. The molecule has 0 atom stereocenters. The molecule has 0 aliphatic carbocycles. The molecule has 1 aliphatic rings. The molecule has 3 aromatic rings. The van der Waals surface area contributed by atoms with Crippen molar-refractivity contribution in [2.45, 2.75) is 13.5 Å². The maximum absolute atomic E-state index is 13.9. The van der Waals surface area contributed by atoms with Crippen LogP contribution in [0.25, 0.3) is 17.4 Å². The van der Waals surface area contributed by atoms with Gasteiger partial charge in [-0.25, -0.2) is 9.18 Å². The van der Waals surface area contributed by atoms with Gasteiger partial charge in [0.15, 0.2) is 0 Å². The predicted octanol–water partition coefficient (Wildman–Crippen LogP) is 5.33. The van der Waals surface area contributed by atoms with Crippen LogP contribution >= 0.6 is 11.8 Å². The molecule has 8 heteroatoms. The zero-order chi connectivity index (χ0) is 22.1. The molecule has 0 radical (unpaired) electrons. The number of aromatic carboxylic acids is 1. The van der Waals surface area contributed by atoms with Crippen molar-refractivity contribution >= 4 is 35.0 Å². The van der Waals surface area contributed by atoms with Gasteiger partial charge in [0.1, 0.15) is 17.3 Å². The van der Waals surface area contributed by atoms with Gasteiger partial charge >= 0.3 is 5.97 Å². The molecule has 156 valence electrons. The quantitative estimate of drug-likeness (QED) is 0.543. The fourth-order valence-corrected chi connectivity index (χ4v) is 3.98. The first-order chi connectivity index (χ1) is 14.8. The van der Waals surface area contributed by atoms with Crippen LogP contribution < -0.4 is 0 Å². The molecule has 2 amide bonds. The average molecular weight is 437 g/mol. The molecule has 2 heterocycles. The van der Waals surface area contributed by atoms with E-state index >= 15 is 0 Å². The van der Waals surface area contributed by atoms with E-state index in [1.165, 1.54) is 36.4 Å². The van der Waals surface area contributed by atoms with Crippen LogP contribution in [0.1, 0.15) is 27.2 Å². The first-order valence-electron chi connectivity index (χ1n) is 9.26. The molecule has 31 heavy (non-hydrogen) atoms. The Morgan fingerprint density at radius 3 is 2.68 bits per heavy atom. The number of nitrogens with zero attached hydrogens (tertiary/aromatic N) is 1. The smallest absolute Gasteiger partial charge is 0.335 e. The second kappa shape index (κ2) is 8.23. The summed E-state index contributed by atoms with van der Waals surface area (Å²) < 4.78 is 19.7. The minimum absolute atomic E-state index is 0.132. The van der Waals surface area contributed by atoms with E-state index in [1.807, 2.05) is 6.92 Å². The number of aryl methyl sites for hydroxylation is 1. The van der Waals surface area contributed by atoms with E-state index in [0.29, 0.717) is 17.1 Å². The second-order valence-electron chi connectivity index (χ2n) is 6.90. The number of halogens is 1. The summed E-state index contributed by atoms with van der Waals surface area (Å²) >= 11 is 0.755. The molecule has 1 N–H and O–H groups in total. The van der Waals surface area contributed by atoms with Crippen LogP contribution in [-0.4, -0.2) is 27.1 Å². The van der Waals surface area contributed by atoms with E-state index < -0.39 is 22.9 Å². The summed E-state index contributed by atoms with van der Waals surface area (Å²) in [5.41, 5.74) is 1.83. The highest BCUT2D eigenvalue weighted by Gasteiger charge is 2.35. The maximum atomic E-state index is 13.9. The number of thioether (sulfide) groups is 1. The van der Waals surface area contributed by atoms with Crippen LogP contribution in [0.5, 0.6) is 0 Å². The lowest BCUT2D eigenvalue weighted by Crippen LogP contribution is -2.27. The Balaban J connectivity index is 1.58. The summed E-state index contributed by atoms with van der Waals surface area (Å²) in [5, 5.41) is 8.71. The van der Waals surface area contributed by atoms with E-state index in [-0.39, 0.29) is 22.6 Å². The monoisotopic (exact) mass is 437 g/mol. The third-order valence-electron chi connectivity index (χ3n) is 4.81. The Kier molecular flexibility index (Phi) is 5.48. The number of hydrogen-bond acceptors (Lipinski definition) is 5. The first-order valence-corrected chi connectivity index (χ1v) is 10.1. The lowest BCUT2D eigenvalue weighted by atomic mass is 10.0. The molecular weight excluding hydrogens is 421 g/mol. The molecule has 0 unspecified atom stereocenters. The number of carbonyl (C=O) groups is 3. The van der Waals surface area contributed by atoms with Crippen molar-refractivity contribution in [3.8, 4) is 11.3 Å². The van der Waals surface area contributed by atoms with Crippen molar-refractivity contribution in [2.75, 3.05) is 0 Å². The van der Waals surface area contributed by atoms with Gasteiger partial charge < -0.3 is 9.52 Å². The van der Waals surface area contributed by atoms with Gasteiger partial charge in [0, 0.05) is 17.2 Å². The topological polar surface area (TPSA) is 87.8 Å². The lowest BCUT2D eigenvalue weighted by molar-refractivity contribution is -0.123. The van der Waals surface area contributed by atoms with Gasteiger partial charge in [-0.2, -0.15) is 0 Å². The summed E-state index contributed by atoms with van der Waals surface area (Å²) in [7, 11) is 0. The second-order valence-corrected chi connectivity index (χ2v) is 7.89. The van der Waals surface area contributed by atoms with Gasteiger partial charge in [-0.05, 0) is 54.6 Å². The summed E-state index contributed by atoms with van der Waals surface area (Å²) in [6, 6.07) is 14.0. The fraction of sp³-hybridized carbons (Fsp3) is 0.0870. The SMILES string of the molecule is Cc1ccc(C(=O)O)cc1-c1ccc(/C=C2/SC(=O)N(Cc3ccccc3F)C2=O)o1. The molecule has 0 spiro atoms. The number of hydrogen-bond donors (Lipinski definition) is 1. The van der Waals surface area contributed by atoms with E-state index in [2.05, 4.69) is 0 Å². The van der Waals surface area contributed by atoms with Crippen LogP contribution in [0.3, 0.4) is 0 Å². The highest BCUT2D eigenvalue weighted by molar-refractivity contribution is 8.18. The summed E-state index contributed by atoms with van der Waals surface area (Å²) in [5.74, 6) is -1.28. The molecular formula is C23H16FNO5S. The number of amides is 2. The normalized spacial score (nSPS) is 15.2. The molecule has 0 bridgehead atoms. The van der Waals surface area contributed by atoms with Crippen molar-refractivity contribution < 1.29 is 28.3 Å². The fourth-order valence-electron chi connectivity index (χ4n) is 3.16. The number of rotatable bonds is 5. The van der Waals surface area contributed by atoms with Gasteiger partial charge in [-0.3, -0.25) is 14.5 Å². The van der Waals surface area contributed by atoms with Crippen LogP contribution in [-0.2, 0) is 11.3 Å². The number of imide groups is 1. The summed E-state index contributed by atoms with van der Waals surface area (Å²) in [6.45, 7) is 1.68. The molecule has 2 aromatic carbocycles. The van der Waals surface area contributed by atoms with Crippen LogP contribution in [0.4, 0.5) is 9.18 Å². The zero-order valence-electron chi connectivity index (χ0n) is 16.3. The van der Waals surface area contributed by atoms with Gasteiger partial charge in [-0.15, -0.1) is 0 Å². The molecule has 4 rings (SSSR count). The highest BCUT2D eigenvalue weighted by Crippen LogP contribution is 2.35. The Bertz CT molecular complexity index is 1250. The predicted molar refractivity (Wildman–Crippen MR) is 114 cm³/mol. The van der Waals surface area contributed by atoms with Gasteiger partial charge in [0.05, 0.1) is 17.0 Å². The van der Waals surface area contributed by atoms with Gasteiger partial charge in [0.25, 0.3) is 11.1 Å². The van der Waals surface area contributed by atoms with E-state index in [4.69, 9.17) is 4.42 Å². The number of carboxylic acid groups (broad SMARTS) is 1. The molecule has 1 aromatic heterocycles. The van der Waals surface area contributed by atoms with Crippen molar-refractivity contribution in [2.24, 2.45) is 0 Å². The standard InChI is InChI=1S/C23H16FNO5S/c1-13-6-7-14(22(27)28)10-17(13)19-9-8-16(30-19)11-20-21(26)25(23(29)31-20)12-15-4-2-3-5-18(15)24/h2-11H,12H2,1H3,(H,27,28)/b20-11+. The van der Waals surface area contributed by atoms with Crippen LogP contribution in [0, 0.1) is 12.7 Å². The number of benzene rings is 2. The molecule has 1 aliphatic heterocycles. The number of furan rings is 1. The molecule has 0 saturated carbocycles. The third-order valence-corrected chi connectivity index (χ3v) is 5.72. The number of carboxylic acids is 1. The van der Waals surface area contributed by atoms with Crippen molar-refractivity contribution in [1.29, 1.82) is 0 Å². The summed E-state index contributed by atoms with van der Waals surface area (Å²) in [4.78, 5) is 37.4.